The van der Waals surface area contributed by atoms with E-state index in [1.165, 1.54) is 0 Å². The number of anilines is 1. The van der Waals surface area contributed by atoms with Crippen LogP contribution in [0, 0.1) is 0 Å². The van der Waals surface area contributed by atoms with Gasteiger partial charge < -0.3 is 15.0 Å². The fourth-order valence-electron chi connectivity index (χ4n) is 2.61. The van der Waals surface area contributed by atoms with E-state index in [0.29, 0.717) is 0 Å². The summed E-state index contributed by atoms with van der Waals surface area (Å²) in [5, 5.41) is 3.33. The summed E-state index contributed by atoms with van der Waals surface area (Å²) >= 11 is 0. The van der Waals surface area contributed by atoms with Gasteiger partial charge in [-0.3, -0.25) is 4.90 Å². The third kappa shape index (κ3) is 2.15. The van der Waals surface area contributed by atoms with Crippen molar-refractivity contribution in [2.75, 3.05) is 51.3 Å². The lowest BCUT2D eigenvalue weighted by atomic mass is 10.1. The smallest absolute Gasteiger partial charge is 0.171 e. The summed E-state index contributed by atoms with van der Waals surface area (Å²) in [7, 11) is 1.71. The maximum Gasteiger partial charge on any atom is 0.171 e. The van der Waals surface area contributed by atoms with Gasteiger partial charge in [-0.15, -0.1) is 0 Å². The number of rotatable bonds is 3. The van der Waals surface area contributed by atoms with Gasteiger partial charge in [0.15, 0.2) is 11.6 Å². The average Bonchev–Trinajstić information content (AvgIpc) is 2.38. The fraction of sp³-hybridized carbons (Fsp3) is 0.615. The van der Waals surface area contributed by atoms with Crippen molar-refractivity contribution in [3.8, 4) is 5.75 Å². The molecule has 0 unspecified atom stereocenters. The molecular formula is C13H20N4O. The molecule has 0 aromatic carbocycles. The van der Waals surface area contributed by atoms with Gasteiger partial charge >= 0.3 is 0 Å². The van der Waals surface area contributed by atoms with Crippen molar-refractivity contribution in [3.63, 3.8) is 0 Å². The van der Waals surface area contributed by atoms with Gasteiger partial charge in [-0.05, 0) is 12.1 Å². The SMILES string of the molecule is COc1cccnc1N1CCN(C2CNC2)CC1. The minimum Gasteiger partial charge on any atom is -0.493 e. The summed E-state index contributed by atoms with van der Waals surface area (Å²) in [4.78, 5) is 9.34. The van der Waals surface area contributed by atoms with E-state index in [-0.39, 0.29) is 0 Å². The van der Waals surface area contributed by atoms with E-state index in [1.807, 2.05) is 18.3 Å². The van der Waals surface area contributed by atoms with Crippen molar-refractivity contribution >= 4 is 5.82 Å². The molecule has 1 N–H and O–H groups in total. The molecule has 1 aromatic heterocycles. The standard InChI is InChI=1S/C13H20N4O/c1-18-12-3-2-4-15-13(12)17-7-5-16(6-8-17)11-9-14-10-11/h2-4,11,14H,5-10H2,1H3. The number of hydrogen-bond donors (Lipinski definition) is 1. The molecule has 2 fully saturated rings. The molecule has 0 spiro atoms. The summed E-state index contributed by atoms with van der Waals surface area (Å²) in [6, 6.07) is 4.64. The quantitative estimate of drug-likeness (QED) is 0.826. The van der Waals surface area contributed by atoms with Crippen LogP contribution in [-0.4, -0.2) is 62.3 Å². The van der Waals surface area contributed by atoms with Crippen LogP contribution in [0.1, 0.15) is 0 Å². The van der Waals surface area contributed by atoms with E-state index >= 15 is 0 Å². The van der Waals surface area contributed by atoms with Crippen molar-refractivity contribution in [1.82, 2.24) is 15.2 Å². The van der Waals surface area contributed by atoms with E-state index in [2.05, 4.69) is 20.1 Å². The van der Waals surface area contributed by atoms with Crippen LogP contribution in [0.5, 0.6) is 5.75 Å². The molecule has 3 rings (SSSR count). The van der Waals surface area contributed by atoms with Crippen LogP contribution < -0.4 is 15.0 Å². The number of pyridine rings is 1. The minimum absolute atomic E-state index is 0.748. The number of nitrogens with zero attached hydrogens (tertiary/aromatic N) is 3. The Morgan fingerprint density at radius 3 is 2.67 bits per heavy atom. The van der Waals surface area contributed by atoms with Gasteiger partial charge in [-0.2, -0.15) is 0 Å². The van der Waals surface area contributed by atoms with Crippen molar-refractivity contribution in [3.05, 3.63) is 18.3 Å². The molecule has 18 heavy (non-hydrogen) atoms. The van der Waals surface area contributed by atoms with Gasteiger partial charge in [0, 0.05) is 51.5 Å². The first-order valence-electron chi connectivity index (χ1n) is 6.57. The monoisotopic (exact) mass is 248 g/mol. The zero-order valence-electron chi connectivity index (χ0n) is 10.8. The summed E-state index contributed by atoms with van der Waals surface area (Å²) in [5.41, 5.74) is 0. The molecule has 5 nitrogen and oxygen atoms in total. The van der Waals surface area contributed by atoms with E-state index in [9.17, 15) is 0 Å². The highest BCUT2D eigenvalue weighted by molar-refractivity contribution is 5.52. The van der Waals surface area contributed by atoms with Crippen LogP contribution in [0.4, 0.5) is 5.82 Å². The van der Waals surface area contributed by atoms with E-state index in [1.54, 1.807) is 7.11 Å². The molecule has 1 aromatic rings. The van der Waals surface area contributed by atoms with Crippen molar-refractivity contribution in [2.45, 2.75) is 6.04 Å². The Morgan fingerprint density at radius 2 is 2.06 bits per heavy atom. The largest absolute Gasteiger partial charge is 0.493 e. The first kappa shape index (κ1) is 11.7. The second kappa shape index (κ2) is 5.12. The van der Waals surface area contributed by atoms with Crippen LogP contribution in [0.3, 0.4) is 0 Å². The zero-order chi connectivity index (χ0) is 12.4. The third-order valence-corrected chi connectivity index (χ3v) is 3.86. The highest BCUT2D eigenvalue weighted by atomic mass is 16.5. The highest BCUT2D eigenvalue weighted by Crippen LogP contribution is 2.26. The molecule has 0 saturated carbocycles. The van der Waals surface area contributed by atoms with Crippen molar-refractivity contribution in [1.29, 1.82) is 0 Å². The number of methoxy groups -OCH3 is 1. The summed E-state index contributed by atoms with van der Waals surface area (Å²) in [6.07, 6.45) is 1.83. The van der Waals surface area contributed by atoms with Crippen LogP contribution >= 0.6 is 0 Å². The Hall–Kier alpha value is -1.33. The minimum atomic E-state index is 0.748. The van der Waals surface area contributed by atoms with Crippen LogP contribution in [-0.2, 0) is 0 Å². The maximum absolute atomic E-state index is 5.38. The summed E-state index contributed by atoms with van der Waals surface area (Å²) in [5.74, 6) is 1.85. The van der Waals surface area contributed by atoms with Crippen molar-refractivity contribution < 1.29 is 4.74 Å². The Morgan fingerprint density at radius 1 is 1.28 bits per heavy atom. The average molecular weight is 248 g/mol. The molecule has 2 saturated heterocycles. The lowest BCUT2D eigenvalue weighted by Crippen LogP contribution is -2.61. The number of piperazine rings is 1. The molecule has 0 atom stereocenters. The molecule has 98 valence electrons. The van der Waals surface area contributed by atoms with Crippen LogP contribution in [0.15, 0.2) is 18.3 Å². The second-order valence-corrected chi connectivity index (χ2v) is 4.86. The molecule has 0 bridgehead atoms. The Kier molecular flexibility index (Phi) is 3.34. The van der Waals surface area contributed by atoms with Gasteiger partial charge in [-0.1, -0.05) is 0 Å². The first-order chi connectivity index (χ1) is 8.88. The maximum atomic E-state index is 5.38. The summed E-state index contributed by atoms with van der Waals surface area (Å²) in [6.45, 7) is 6.59. The molecule has 0 aliphatic carbocycles. The van der Waals surface area contributed by atoms with Gasteiger partial charge in [0.1, 0.15) is 0 Å². The van der Waals surface area contributed by atoms with Gasteiger partial charge in [0.05, 0.1) is 7.11 Å². The highest BCUT2D eigenvalue weighted by Gasteiger charge is 2.28. The van der Waals surface area contributed by atoms with Gasteiger partial charge in [0.2, 0.25) is 0 Å². The van der Waals surface area contributed by atoms with Crippen LogP contribution in [0.2, 0.25) is 0 Å². The predicted octanol–water partition coefficient (Wildman–Crippen LogP) is 0.184. The van der Waals surface area contributed by atoms with Crippen molar-refractivity contribution in [2.24, 2.45) is 0 Å². The number of hydrogen-bond acceptors (Lipinski definition) is 5. The summed E-state index contributed by atoms with van der Waals surface area (Å²) < 4.78 is 5.38. The Bertz CT molecular complexity index is 400. The second-order valence-electron chi connectivity index (χ2n) is 4.86. The molecule has 2 aliphatic heterocycles. The van der Waals surface area contributed by atoms with Gasteiger partial charge in [-0.25, -0.2) is 4.98 Å². The predicted molar refractivity (Wildman–Crippen MR) is 71.2 cm³/mol. The number of aromatic nitrogens is 1. The number of nitrogens with one attached hydrogen (secondary N) is 1. The molecular weight excluding hydrogens is 228 g/mol. The lowest BCUT2D eigenvalue weighted by molar-refractivity contribution is 0.137. The zero-order valence-corrected chi connectivity index (χ0v) is 10.8. The van der Waals surface area contributed by atoms with Crippen LogP contribution in [0.25, 0.3) is 0 Å². The van der Waals surface area contributed by atoms with E-state index in [0.717, 1.165) is 56.9 Å². The molecule has 0 radical (unpaired) electrons. The number of ether oxygens (including phenoxy) is 1. The fourth-order valence-corrected chi connectivity index (χ4v) is 2.61. The van der Waals surface area contributed by atoms with E-state index in [4.69, 9.17) is 4.74 Å². The molecule has 3 heterocycles. The lowest BCUT2D eigenvalue weighted by Gasteiger charge is -2.43. The first-order valence-corrected chi connectivity index (χ1v) is 6.57. The molecule has 0 amide bonds. The Labute approximate surface area is 108 Å². The van der Waals surface area contributed by atoms with E-state index < -0.39 is 0 Å². The molecule has 5 heteroatoms. The molecule has 2 aliphatic rings. The topological polar surface area (TPSA) is 40.6 Å². The normalized spacial score (nSPS) is 21.7. The van der Waals surface area contributed by atoms with Gasteiger partial charge in [0.25, 0.3) is 0 Å². The Balaban J connectivity index is 1.64. The third-order valence-electron chi connectivity index (χ3n) is 3.86.